The van der Waals surface area contributed by atoms with E-state index in [1.165, 1.54) is 5.56 Å². The number of carbonyl (C=O) groups is 1. The molecule has 1 aliphatic heterocycles. The first-order valence-electron chi connectivity index (χ1n) is 9.39. The average Bonchev–Trinajstić information content (AvgIpc) is 2.74. The fourth-order valence-corrected chi connectivity index (χ4v) is 3.79. The lowest BCUT2D eigenvalue weighted by molar-refractivity contribution is 0.0562. The number of amides is 1. The minimum atomic E-state index is -0.116. The van der Waals surface area contributed by atoms with Crippen molar-refractivity contribution in [3.8, 4) is 5.88 Å². The maximum absolute atomic E-state index is 13.3. The lowest BCUT2D eigenvalue weighted by Crippen LogP contribution is -2.47. The van der Waals surface area contributed by atoms with Crippen molar-refractivity contribution in [2.24, 2.45) is 0 Å². The molecule has 0 radical (unpaired) electrons. The van der Waals surface area contributed by atoms with Crippen LogP contribution < -0.4 is 4.74 Å². The van der Waals surface area contributed by atoms with Crippen molar-refractivity contribution in [2.75, 3.05) is 6.61 Å². The fraction of sp³-hybridized carbons (Fsp3) is 0.217. The third-order valence-electron chi connectivity index (χ3n) is 5.09. The Morgan fingerprint density at radius 1 is 1.10 bits per heavy atom. The van der Waals surface area contributed by atoms with Crippen LogP contribution in [0.15, 0.2) is 60.8 Å². The number of fused-ring (bicyclic) bond motifs is 1. The molecule has 4 nitrogen and oxygen atoms in total. The summed E-state index contributed by atoms with van der Waals surface area (Å²) in [6, 6.07) is 16.8. The maximum atomic E-state index is 13.3. The highest BCUT2D eigenvalue weighted by Gasteiger charge is 2.31. The second-order valence-corrected chi connectivity index (χ2v) is 7.99. The zero-order valence-corrected chi connectivity index (χ0v) is 17.5. The van der Waals surface area contributed by atoms with E-state index in [1.54, 1.807) is 24.4 Å². The van der Waals surface area contributed by atoms with Crippen LogP contribution in [-0.4, -0.2) is 28.4 Å². The highest BCUT2D eigenvalue weighted by atomic mass is 35.5. The summed E-state index contributed by atoms with van der Waals surface area (Å²) in [6.07, 6.45) is 2.49. The number of hydrogen-bond donors (Lipinski definition) is 0. The monoisotopic (exact) mass is 426 g/mol. The lowest BCUT2D eigenvalue weighted by Gasteiger charge is -2.36. The van der Waals surface area contributed by atoms with E-state index in [9.17, 15) is 4.79 Å². The molecule has 0 saturated heterocycles. The minimum Gasteiger partial charge on any atom is -0.475 e. The molecular weight excluding hydrogens is 407 g/mol. The first-order valence-corrected chi connectivity index (χ1v) is 10.1. The van der Waals surface area contributed by atoms with Crippen molar-refractivity contribution in [1.29, 1.82) is 0 Å². The number of pyridine rings is 1. The van der Waals surface area contributed by atoms with E-state index < -0.39 is 0 Å². The van der Waals surface area contributed by atoms with Gasteiger partial charge in [0.25, 0.3) is 5.91 Å². The summed E-state index contributed by atoms with van der Waals surface area (Å²) in [7, 11) is 0. The molecule has 2 aromatic carbocycles. The molecule has 4 rings (SSSR count). The zero-order valence-electron chi connectivity index (χ0n) is 15.9. The molecule has 1 atom stereocenters. The maximum Gasteiger partial charge on any atom is 0.254 e. The van der Waals surface area contributed by atoms with Gasteiger partial charge < -0.3 is 9.64 Å². The third-order valence-corrected chi connectivity index (χ3v) is 5.83. The van der Waals surface area contributed by atoms with E-state index in [0.717, 1.165) is 17.5 Å². The van der Waals surface area contributed by atoms with Crippen LogP contribution in [0.25, 0.3) is 0 Å². The van der Waals surface area contributed by atoms with Crippen molar-refractivity contribution >= 4 is 29.1 Å². The second-order valence-electron chi connectivity index (χ2n) is 7.17. The lowest BCUT2D eigenvalue weighted by atomic mass is 9.93. The second kappa shape index (κ2) is 8.44. The summed E-state index contributed by atoms with van der Waals surface area (Å²) in [5.41, 5.74) is 3.96. The van der Waals surface area contributed by atoms with Crippen molar-refractivity contribution in [2.45, 2.75) is 25.9 Å². The third kappa shape index (κ3) is 4.39. The van der Waals surface area contributed by atoms with Gasteiger partial charge in [-0.3, -0.25) is 4.79 Å². The van der Waals surface area contributed by atoms with Gasteiger partial charge in [-0.15, -0.1) is 0 Å². The Bertz CT molecular complexity index is 1040. The Morgan fingerprint density at radius 3 is 2.62 bits per heavy atom. The Labute approximate surface area is 180 Å². The molecule has 29 heavy (non-hydrogen) atoms. The zero-order chi connectivity index (χ0) is 20.4. The van der Waals surface area contributed by atoms with Gasteiger partial charge >= 0.3 is 0 Å². The molecule has 0 N–H and O–H groups in total. The summed E-state index contributed by atoms with van der Waals surface area (Å²) >= 11 is 12.1. The molecule has 0 aliphatic carbocycles. The minimum absolute atomic E-state index is 0.0939. The highest BCUT2D eigenvalue weighted by molar-refractivity contribution is 6.42. The van der Waals surface area contributed by atoms with E-state index in [-0.39, 0.29) is 11.9 Å². The summed E-state index contributed by atoms with van der Waals surface area (Å²) < 4.78 is 5.92. The normalized spacial score (nSPS) is 15.7. The molecule has 1 unspecified atom stereocenters. The van der Waals surface area contributed by atoms with Gasteiger partial charge in [0.2, 0.25) is 5.88 Å². The van der Waals surface area contributed by atoms with E-state index in [1.807, 2.05) is 36.1 Å². The summed E-state index contributed by atoms with van der Waals surface area (Å²) in [5.74, 6) is 0.458. The van der Waals surface area contributed by atoms with Crippen LogP contribution >= 0.6 is 23.2 Å². The van der Waals surface area contributed by atoms with Crippen LogP contribution in [0.3, 0.4) is 0 Å². The van der Waals surface area contributed by atoms with Crippen molar-refractivity contribution < 1.29 is 9.53 Å². The van der Waals surface area contributed by atoms with Crippen LogP contribution in [0.1, 0.15) is 27.0 Å². The van der Waals surface area contributed by atoms with E-state index in [0.29, 0.717) is 34.6 Å². The van der Waals surface area contributed by atoms with Crippen LogP contribution in [0.4, 0.5) is 0 Å². The summed E-state index contributed by atoms with van der Waals surface area (Å²) in [5, 5.41) is 0.795. The quantitative estimate of drug-likeness (QED) is 0.564. The van der Waals surface area contributed by atoms with Gasteiger partial charge in [-0.2, -0.15) is 0 Å². The molecule has 0 saturated carbocycles. The smallest absolute Gasteiger partial charge is 0.254 e. The van der Waals surface area contributed by atoms with E-state index in [2.05, 4.69) is 17.1 Å². The van der Waals surface area contributed by atoms with Gasteiger partial charge in [0.1, 0.15) is 6.61 Å². The molecule has 0 spiro atoms. The van der Waals surface area contributed by atoms with Crippen LogP contribution in [0, 0.1) is 6.92 Å². The molecule has 6 heteroatoms. The number of halogens is 2. The number of aryl methyl sites for hydroxylation is 1. The number of carbonyl (C=O) groups excluding carboxylic acids is 1. The number of rotatable bonds is 4. The van der Waals surface area contributed by atoms with Gasteiger partial charge in [0, 0.05) is 24.4 Å². The Balaban J connectivity index is 1.59. The highest BCUT2D eigenvalue weighted by Crippen LogP contribution is 2.28. The van der Waals surface area contributed by atoms with Crippen molar-refractivity contribution in [1.82, 2.24) is 9.88 Å². The number of aromatic nitrogens is 1. The van der Waals surface area contributed by atoms with Gasteiger partial charge in [-0.05, 0) is 48.2 Å². The van der Waals surface area contributed by atoms with Crippen LogP contribution in [-0.2, 0) is 13.0 Å². The molecule has 1 amide bonds. The van der Waals surface area contributed by atoms with Gasteiger partial charge in [0.15, 0.2) is 0 Å². The molecule has 2 heterocycles. The van der Waals surface area contributed by atoms with E-state index >= 15 is 0 Å². The largest absolute Gasteiger partial charge is 0.475 e. The number of ether oxygens (including phenoxy) is 1. The number of benzene rings is 2. The summed E-state index contributed by atoms with van der Waals surface area (Å²) in [4.78, 5) is 19.4. The molecule has 0 bridgehead atoms. The Morgan fingerprint density at radius 2 is 1.90 bits per heavy atom. The molecule has 3 aromatic rings. The molecule has 0 fully saturated rings. The molecule has 1 aliphatic rings. The average molecular weight is 427 g/mol. The van der Waals surface area contributed by atoms with Crippen molar-refractivity contribution in [3.05, 3.63) is 93.1 Å². The standard InChI is InChI=1S/C23H20Cl2N2O2/c1-15-6-9-22(26-12-15)29-14-19-10-16-4-2-3-5-18(16)13-27(19)23(28)17-7-8-20(24)21(25)11-17/h2-9,11-12,19H,10,13-14H2,1H3. The van der Waals surface area contributed by atoms with Gasteiger partial charge in [-0.1, -0.05) is 53.5 Å². The molecule has 1 aromatic heterocycles. The number of hydrogen-bond acceptors (Lipinski definition) is 3. The Hall–Kier alpha value is -2.56. The predicted molar refractivity (Wildman–Crippen MR) is 115 cm³/mol. The topological polar surface area (TPSA) is 42.4 Å². The molecular formula is C23H20Cl2N2O2. The van der Waals surface area contributed by atoms with Gasteiger partial charge in [-0.25, -0.2) is 4.98 Å². The first-order chi connectivity index (χ1) is 14.0. The Kier molecular flexibility index (Phi) is 5.74. The predicted octanol–water partition coefficient (Wildman–Crippen LogP) is 5.34. The van der Waals surface area contributed by atoms with Gasteiger partial charge in [0.05, 0.1) is 16.1 Å². The first kappa shape index (κ1) is 19.7. The SMILES string of the molecule is Cc1ccc(OCC2Cc3ccccc3CN2C(=O)c2ccc(Cl)c(Cl)c2)nc1. The fourth-order valence-electron chi connectivity index (χ4n) is 3.49. The summed E-state index contributed by atoms with van der Waals surface area (Å²) in [6.45, 7) is 2.86. The van der Waals surface area contributed by atoms with Crippen LogP contribution in [0.5, 0.6) is 5.88 Å². The molecule has 148 valence electrons. The van der Waals surface area contributed by atoms with Crippen molar-refractivity contribution in [3.63, 3.8) is 0 Å². The number of nitrogens with zero attached hydrogens (tertiary/aromatic N) is 2. The van der Waals surface area contributed by atoms with E-state index in [4.69, 9.17) is 27.9 Å². The van der Waals surface area contributed by atoms with Crippen LogP contribution in [0.2, 0.25) is 10.0 Å².